The summed E-state index contributed by atoms with van der Waals surface area (Å²) in [6.07, 6.45) is -89.5. The minimum atomic E-state index is -4.72. The average Bonchev–Trinajstić information content (AvgIpc) is 0.626. The number of aliphatic hydroxyl groups is 6. The Balaban J connectivity index is 0.000000235. The predicted molar refractivity (Wildman–Crippen MR) is 565 cm³/mol. The number of rotatable bonds is 20. The first-order valence-corrected chi connectivity index (χ1v) is 42.4. The first kappa shape index (κ1) is 37.3. The Morgan fingerprint density at radius 2 is 0.430 bits per heavy atom. The smallest absolute Gasteiger partial charge is 0.161 e. The molecular weight excluding hydrogens is 1790 g/mol. The molecule has 12 heterocycles. The van der Waals surface area contributed by atoms with Crippen molar-refractivity contribution in [2.24, 2.45) is 68.9 Å². The Bertz CT molecular complexity index is 9970. The molecule has 6 aromatic rings. The summed E-state index contributed by atoms with van der Waals surface area (Å²) in [5, 5.41) is 68.9. The van der Waals surface area contributed by atoms with Crippen LogP contribution in [0.15, 0.2) is 72.8 Å². The second-order valence-electron chi connectivity index (χ2n) is 32.9. The van der Waals surface area contributed by atoms with E-state index in [4.69, 9.17) is 195 Å². The van der Waals surface area contributed by atoms with E-state index in [9.17, 15) is 38.9 Å². The number of nitrogens with zero attached hydrogens (tertiary/aromatic N) is 6. The zero-order valence-corrected chi connectivity index (χ0v) is 79.3. The van der Waals surface area contributed by atoms with Gasteiger partial charge in [-0.3, -0.25) is 29.4 Å². The van der Waals surface area contributed by atoms with E-state index in [2.05, 4.69) is 0 Å². The molecule has 0 aliphatic carbocycles. The molecule has 0 saturated carbocycles. The van der Waals surface area contributed by atoms with E-state index >= 15 is 0 Å². The molecule has 0 spiro atoms. The summed E-state index contributed by atoms with van der Waals surface area (Å²) < 4.78 is 969. The fourth-order valence-electron chi connectivity index (χ4n) is 14.4. The number of methoxy groups -OCH3 is 12. The zero-order chi connectivity index (χ0) is 197. The van der Waals surface area contributed by atoms with Crippen LogP contribution in [-0.2, 0) is 38.2 Å². The average molecular weight is 2080 g/mol. The predicted octanol–water partition coefficient (Wildman–Crippen LogP) is 19.7. The van der Waals surface area contributed by atoms with Gasteiger partial charge in [0.1, 0.15) is 0 Å². The van der Waals surface area contributed by atoms with E-state index < -0.39 is 525 Å². The molecule has 18 rings (SSSR count). The fourth-order valence-corrected chi connectivity index (χ4v) is 14.4. The maximum Gasteiger partial charge on any atom is 0.161 e. The first-order valence-electron chi connectivity index (χ1n) is 95.9. The van der Waals surface area contributed by atoms with Crippen LogP contribution in [0.5, 0.6) is 69.0 Å². The van der Waals surface area contributed by atoms with Crippen molar-refractivity contribution in [1.82, 2.24) is 29.4 Å². The standard InChI is InChI=1S/4C20H31NO3.2C19H29NO3/c4*1-20(2,3)11-14-12-21-7-6-13-8-18(23-4)19(24-5)9-15(13)16(21)10-17(14)22;2*1-12(2)7-14-11-20-6-5-13-8-18(22-3)19(23-4)9-15(13)16(20)10-17(14)21/h4*8-9,14,16-17,22H,6-7,10-12H2,1-5H3;2*8-9,12,14,16-17,21H,5-7,10-11H2,1-4H3/i2*1D3,2D3,5D3,6D2,7D2,10D2,11D2,12D2,14D,16D,17D;2*1D3,2D3,6D2,7D2,10D2,11D2,12D2,14D,16D,17D;4D3,5D2,6D2,10D2,11D2,14D,16D,17D;5D2,6D2,10D2,11D2,14D,16D,17D. The van der Waals surface area contributed by atoms with Crippen molar-refractivity contribution in [3.05, 3.63) is 140 Å². The number of hydrogen-bond donors (Lipinski definition) is 6. The maximum atomic E-state index is 11.6. The van der Waals surface area contributed by atoms with Crippen LogP contribution < -0.4 is 56.8 Å². The Morgan fingerprint density at radius 1 is 0.275 bits per heavy atom. The molecule has 6 aromatic carbocycles. The highest BCUT2D eigenvalue weighted by atomic mass is 16.5. The second-order valence-corrected chi connectivity index (χ2v) is 32.9. The topological polar surface area (TPSA) is 252 Å². The van der Waals surface area contributed by atoms with Gasteiger partial charge in [0, 0.05) is 232 Å². The molecule has 792 valence electrons. The lowest BCUT2D eigenvalue weighted by atomic mass is 9.75. The van der Waals surface area contributed by atoms with Crippen LogP contribution in [0.1, 0.15) is 436 Å². The Kier molecular flexibility index (Phi) is 12.6. The van der Waals surface area contributed by atoms with Gasteiger partial charge in [0.15, 0.2) is 69.0 Å². The maximum absolute atomic E-state index is 11.6. The SMILES string of the molecule is [2H]C([2H])([2H])C(C)(C([2H])([2H])[2H])C([2H])([2H])C1([2H])C([2H])([2H])N2C([2H])([2H])C([2H])([2H])c3cc(OC)c(OC)cc3C2([2H])C([2H])([2H])C1([2H])O.[2H]C([2H])([2H])C(C)(C([2H])([2H])[2H])C([2H])([2H])C1([2H])C([2H])([2H])N2C([2H])([2H])C([2H])([2H])c3cc(OC)c(OC)cc3C2([2H])C([2H])([2H])C1([2H])O.[2H]C([2H])([2H])Oc1cc2c(cc1OC)C([2H])([2H])C([2H])([2H])N1C([2H])([2H])C([2H])(C([2H])([2H])C(C)(C([2H])([2H])[2H])C([2H])([2H])[2H])C([2H])(O)C([2H])([2H])C21[2H].[2H]C([2H])([2H])Oc1cc2c(cc1OC)C([2H])([2H])C([2H])([2H])N1C([2H])([2H])C([2H])(C([2H])([2H])C(C)(C([2H])([2H])[2H])C([2H])([2H])[2H])C([2H])(O)C([2H])([2H])C21[2H].[2H]C([2H])([2H])Oc1cc2c(cc1OC)C([2H])([2H])C([2H])([2H])N1C([2H])([2H])C([2H])(CC(C)C)C([2H])(O)C([2H])([2H])C21[2H].[2H]C1([2H])c2cc(OC)c(OC)cc2C2([2H])N(C1([2H])[2H])C([2H])([2H])C([2H])(CC(C)C)C([2H])(O)C2([2H])[2H]. The van der Waals surface area contributed by atoms with E-state index in [0.29, 0.717) is 24.3 Å². The second kappa shape index (κ2) is 48.2. The number of benzene rings is 6. The third kappa shape index (κ3) is 27.1. The van der Waals surface area contributed by atoms with Crippen LogP contribution in [0.25, 0.3) is 0 Å². The lowest BCUT2D eigenvalue weighted by Crippen LogP contribution is -2.48. The minimum absolute atomic E-state index is 0.0341. The molecule has 0 amide bonds. The fraction of sp³-hybridized carbons (Fsp3) is 0.695. The zero-order valence-electron chi connectivity index (χ0n) is 186. The van der Waals surface area contributed by atoms with E-state index in [1.54, 1.807) is 13.8 Å². The van der Waals surface area contributed by atoms with Crippen LogP contribution in [0.4, 0.5) is 0 Å². The lowest BCUT2D eigenvalue weighted by Gasteiger charge is -2.47. The van der Waals surface area contributed by atoms with Crippen LogP contribution >= 0.6 is 0 Å². The summed E-state index contributed by atoms with van der Waals surface area (Å²) in [6.45, 7) is -72.1. The summed E-state index contributed by atoms with van der Waals surface area (Å²) in [6, 6.07) is -12.8. The van der Waals surface area contributed by atoms with Crippen LogP contribution in [-0.4, -0.2) is 260 Å². The highest BCUT2D eigenvalue weighted by Crippen LogP contribution is 2.53. The van der Waals surface area contributed by atoms with E-state index in [0.717, 1.165) is 98.3 Å². The molecule has 12 aliphatic rings. The number of ether oxygens (including phenoxy) is 12. The number of fused-ring (bicyclic) bond motifs is 18. The summed E-state index contributed by atoms with van der Waals surface area (Å²) in [7, 11) is 0.347. The molecule has 142 heavy (non-hydrogen) atoms. The quantitative estimate of drug-likeness (QED) is 0.0415. The van der Waals surface area contributed by atoms with Gasteiger partial charge in [-0.2, -0.15) is 0 Å². The van der Waals surface area contributed by atoms with Gasteiger partial charge < -0.3 is 87.5 Å². The minimum Gasteiger partial charge on any atom is -0.493 e. The molecule has 12 aliphatic heterocycles. The number of hydrogen-bond acceptors (Lipinski definition) is 24. The van der Waals surface area contributed by atoms with Crippen LogP contribution in [0.2, 0.25) is 0 Å². The van der Waals surface area contributed by atoms with Crippen molar-refractivity contribution in [3.63, 3.8) is 0 Å². The highest BCUT2D eigenvalue weighted by molar-refractivity contribution is 5.55. The Hall–Kier alpha value is -7.56. The van der Waals surface area contributed by atoms with E-state index in [1.165, 1.54) is 28.1 Å². The first-order chi connectivity index (χ1) is 109. The third-order valence-corrected chi connectivity index (χ3v) is 20.6. The van der Waals surface area contributed by atoms with Gasteiger partial charge in [0.25, 0.3) is 0 Å². The molecule has 24 nitrogen and oxygen atoms in total. The van der Waals surface area contributed by atoms with Gasteiger partial charge >= 0.3 is 0 Å². The van der Waals surface area contributed by atoms with Crippen molar-refractivity contribution < 1.29 is 234 Å². The third-order valence-electron chi connectivity index (χ3n) is 20.6. The molecule has 0 aromatic heterocycles. The largest absolute Gasteiger partial charge is 0.493 e. The molecule has 6 fully saturated rings. The van der Waals surface area contributed by atoms with Gasteiger partial charge in [-0.1, -0.05) is 110 Å². The molecule has 6 saturated heterocycles. The van der Waals surface area contributed by atoms with Crippen molar-refractivity contribution in [2.75, 3.05) is 163 Å². The lowest BCUT2D eigenvalue weighted by molar-refractivity contribution is -0.0259. The molecule has 6 N–H and O–H groups in total. The molecular formula is C118H182N6O18. The summed E-state index contributed by atoms with van der Waals surface area (Å²) in [5.41, 5.74) is -25.7. The van der Waals surface area contributed by atoms with Crippen molar-refractivity contribution in [2.45, 2.75) is 298 Å². The number of piperidine rings is 6. The van der Waals surface area contributed by atoms with Gasteiger partial charge in [-0.15, -0.1) is 0 Å². The van der Waals surface area contributed by atoms with Crippen molar-refractivity contribution in [1.29, 1.82) is 0 Å². The Labute approximate surface area is 1000 Å². The highest BCUT2D eigenvalue weighted by Gasteiger charge is 2.48. The molecule has 18 unspecified atom stereocenters. The van der Waals surface area contributed by atoms with Gasteiger partial charge in [0.2, 0.25) is 0 Å². The summed E-state index contributed by atoms with van der Waals surface area (Å²) >= 11 is 0. The van der Waals surface area contributed by atoms with Gasteiger partial charge in [-0.25, -0.2) is 0 Å². The summed E-state index contributed by atoms with van der Waals surface area (Å²) in [5.74, 6) is -30.9. The van der Waals surface area contributed by atoms with Crippen molar-refractivity contribution >= 4 is 0 Å². The monoisotopic (exact) mass is 2080 g/mol. The van der Waals surface area contributed by atoms with Crippen LogP contribution in [0, 0.1) is 68.9 Å². The van der Waals surface area contributed by atoms with E-state index in [1.807, 2.05) is 0 Å². The molecule has 18 atom stereocenters. The molecule has 24 heteroatoms. The molecule has 0 radical (unpaired) electrons. The van der Waals surface area contributed by atoms with Gasteiger partial charge in [0.05, 0.1) is 150 Å². The Morgan fingerprint density at radius 3 is 0.585 bits per heavy atom. The molecule has 0 bridgehead atoms. The normalized spacial score (nSPS) is 57.7. The van der Waals surface area contributed by atoms with E-state index in [-0.39, 0.29) is 77.7 Å². The summed E-state index contributed by atoms with van der Waals surface area (Å²) in [4.78, 5) is -2.31. The number of aryl methyl sites for hydroxylation is 6. The van der Waals surface area contributed by atoms with Crippen molar-refractivity contribution in [3.8, 4) is 69.0 Å². The van der Waals surface area contributed by atoms with Gasteiger partial charge in [-0.05, 0) is 323 Å². The van der Waals surface area contributed by atoms with Crippen LogP contribution in [0.3, 0.4) is 0 Å².